The summed E-state index contributed by atoms with van der Waals surface area (Å²) in [6.07, 6.45) is 3.81. The Morgan fingerprint density at radius 1 is 1.55 bits per heavy atom. The lowest BCUT2D eigenvalue weighted by atomic mass is 10.1. The molecule has 1 atom stereocenters. The summed E-state index contributed by atoms with van der Waals surface area (Å²) in [5, 5.41) is 3.21. The van der Waals surface area contributed by atoms with Crippen LogP contribution in [0.3, 0.4) is 0 Å². The van der Waals surface area contributed by atoms with Gasteiger partial charge in [0.1, 0.15) is 5.82 Å². The Hall–Kier alpha value is -1.62. The van der Waals surface area contributed by atoms with E-state index in [2.05, 4.69) is 24.1 Å². The average Bonchev–Trinajstić information content (AvgIpc) is 2.52. The molecule has 0 aromatic carbocycles. The summed E-state index contributed by atoms with van der Waals surface area (Å²) in [6.45, 7) is 7.00. The van der Waals surface area contributed by atoms with Gasteiger partial charge in [-0.15, -0.1) is 0 Å². The van der Waals surface area contributed by atoms with Crippen molar-refractivity contribution in [2.75, 3.05) is 31.6 Å². The molecule has 1 saturated heterocycles. The van der Waals surface area contributed by atoms with Gasteiger partial charge < -0.3 is 15.0 Å². The van der Waals surface area contributed by atoms with E-state index in [0.717, 1.165) is 25.2 Å². The average molecular weight is 277 g/mol. The van der Waals surface area contributed by atoms with Crippen LogP contribution < -0.4 is 5.32 Å². The van der Waals surface area contributed by atoms with E-state index < -0.39 is 0 Å². The van der Waals surface area contributed by atoms with Crippen LogP contribution in [0.2, 0.25) is 0 Å². The first-order valence-corrected chi connectivity index (χ1v) is 7.35. The van der Waals surface area contributed by atoms with Gasteiger partial charge in [-0.1, -0.05) is 13.8 Å². The van der Waals surface area contributed by atoms with Gasteiger partial charge in [0.2, 0.25) is 0 Å². The summed E-state index contributed by atoms with van der Waals surface area (Å²) in [5.41, 5.74) is 0.690. The molecule has 0 aliphatic carbocycles. The number of ether oxygens (including phenoxy) is 1. The second kappa shape index (κ2) is 7.24. The standard InChI is InChI=1S/C15H23N3O2/c1-3-6-16-14-10-12(5-7-17-14)15(19)18-8-9-20-13(4-2)11-18/h5,7,10,13H,3-4,6,8-9,11H2,1-2H3,(H,16,17). The van der Waals surface area contributed by atoms with Gasteiger partial charge in [0.25, 0.3) is 5.91 Å². The van der Waals surface area contributed by atoms with Gasteiger partial charge in [0, 0.05) is 31.4 Å². The van der Waals surface area contributed by atoms with Crippen LogP contribution in [0.25, 0.3) is 0 Å². The van der Waals surface area contributed by atoms with E-state index in [1.165, 1.54) is 0 Å². The summed E-state index contributed by atoms with van der Waals surface area (Å²) in [6, 6.07) is 3.60. The summed E-state index contributed by atoms with van der Waals surface area (Å²) < 4.78 is 5.60. The molecular weight excluding hydrogens is 254 g/mol. The Morgan fingerprint density at radius 2 is 2.40 bits per heavy atom. The normalized spacial score (nSPS) is 18.9. The van der Waals surface area contributed by atoms with Crippen molar-refractivity contribution < 1.29 is 9.53 Å². The fraction of sp³-hybridized carbons (Fsp3) is 0.600. The van der Waals surface area contributed by atoms with Crippen LogP contribution in [0.1, 0.15) is 37.0 Å². The van der Waals surface area contributed by atoms with Crippen molar-refractivity contribution in [2.45, 2.75) is 32.8 Å². The Bertz CT molecular complexity index is 450. The number of pyridine rings is 1. The molecule has 20 heavy (non-hydrogen) atoms. The lowest BCUT2D eigenvalue weighted by Gasteiger charge is -2.32. The number of aromatic nitrogens is 1. The van der Waals surface area contributed by atoms with E-state index in [1.807, 2.05) is 11.0 Å². The number of anilines is 1. The Labute approximate surface area is 120 Å². The number of carbonyl (C=O) groups is 1. The van der Waals surface area contributed by atoms with Crippen molar-refractivity contribution in [2.24, 2.45) is 0 Å². The Balaban J connectivity index is 2.04. The molecule has 1 aliphatic heterocycles. The monoisotopic (exact) mass is 277 g/mol. The van der Waals surface area contributed by atoms with E-state index in [9.17, 15) is 4.79 Å². The summed E-state index contributed by atoms with van der Waals surface area (Å²) in [5.74, 6) is 0.826. The fourth-order valence-electron chi connectivity index (χ4n) is 2.25. The zero-order chi connectivity index (χ0) is 14.4. The highest BCUT2D eigenvalue weighted by Crippen LogP contribution is 2.14. The molecule has 1 unspecified atom stereocenters. The van der Waals surface area contributed by atoms with Gasteiger partial charge in [-0.2, -0.15) is 0 Å². The summed E-state index contributed by atoms with van der Waals surface area (Å²) in [4.78, 5) is 18.6. The summed E-state index contributed by atoms with van der Waals surface area (Å²) in [7, 11) is 0. The minimum atomic E-state index is 0.0636. The fourth-order valence-corrected chi connectivity index (χ4v) is 2.25. The molecule has 1 N–H and O–H groups in total. The molecule has 1 amide bonds. The number of morpholine rings is 1. The molecule has 0 saturated carbocycles. The van der Waals surface area contributed by atoms with E-state index in [4.69, 9.17) is 4.74 Å². The number of carbonyl (C=O) groups excluding carboxylic acids is 1. The topological polar surface area (TPSA) is 54.5 Å². The largest absolute Gasteiger partial charge is 0.375 e. The zero-order valence-corrected chi connectivity index (χ0v) is 12.3. The van der Waals surface area contributed by atoms with Crippen LogP contribution in [0.5, 0.6) is 0 Å². The Morgan fingerprint density at radius 3 is 3.15 bits per heavy atom. The first-order valence-electron chi connectivity index (χ1n) is 7.35. The van der Waals surface area contributed by atoms with E-state index in [1.54, 1.807) is 12.3 Å². The third-order valence-electron chi connectivity index (χ3n) is 3.44. The maximum absolute atomic E-state index is 12.5. The molecule has 1 aliphatic rings. The SMILES string of the molecule is CCCNc1cc(C(=O)N2CCOC(CC)C2)ccn1. The minimum absolute atomic E-state index is 0.0636. The van der Waals surface area contributed by atoms with Crippen molar-refractivity contribution in [3.05, 3.63) is 23.9 Å². The second-order valence-electron chi connectivity index (χ2n) is 5.01. The van der Waals surface area contributed by atoms with Crippen LogP contribution in [0, 0.1) is 0 Å². The summed E-state index contributed by atoms with van der Waals surface area (Å²) >= 11 is 0. The molecule has 1 aromatic rings. The van der Waals surface area contributed by atoms with Crippen LogP contribution in [0.15, 0.2) is 18.3 Å². The van der Waals surface area contributed by atoms with Gasteiger partial charge in [-0.25, -0.2) is 4.98 Å². The number of rotatable bonds is 5. The number of amides is 1. The molecule has 5 heteroatoms. The first kappa shape index (κ1) is 14.8. The first-order chi connectivity index (χ1) is 9.74. The van der Waals surface area contributed by atoms with E-state index >= 15 is 0 Å². The molecule has 2 heterocycles. The number of hydrogen-bond donors (Lipinski definition) is 1. The minimum Gasteiger partial charge on any atom is -0.375 e. The number of nitrogens with zero attached hydrogens (tertiary/aromatic N) is 2. The van der Waals surface area contributed by atoms with Gasteiger partial charge in [-0.3, -0.25) is 4.79 Å². The smallest absolute Gasteiger partial charge is 0.254 e. The highest BCUT2D eigenvalue weighted by atomic mass is 16.5. The quantitative estimate of drug-likeness (QED) is 0.896. The van der Waals surface area contributed by atoms with Crippen molar-refractivity contribution in [3.8, 4) is 0 Å². The maximum atomic E-state index is 12.5. The zero-order valence-electron chi connectivity index (χ0n) is 12.3. The predicted octanol–water partition coefficient (Wildman–Crippen LogP) is 2.15. The molecule has 2 rings (SSSR count). The van der Waals surface area contributed by atoms with E-state index in [0.29, 0.717) is 25.3 Å². The number of hydrogen-bond acceptors (Lipinski definition) is 4. The van der Waals surface area contributed by atoms with Crippen molar-refractivity contribution in [3.63, 3.8) is 0 Å². The molecule has 110 valence electrons. The van der Waals surface area contributed by atoms with Crippen LogP contribution >= 0.6 is 0 Å². The third kappa shape index (κ3) is 3.70. The van der Waals surface area contributed by atoms with Crippen LogP contribution in [-0.4, -0.2) is 48.1 Å². The highest BCUT2D eigenvalue weighted by molar-refractivity contribution is 5.94. The molecule has 5 nitrogen and oxygen atoms in total. The predicted molar refractivity (Wildman–Crippen MR) is 79.0 cm³/mol. The van der Waals surface area contributed by atoms with Crippen LogP contribution in [-0.2, 0) is 4.74 Å². The molecular formula is C15H23N3O2. The molecule has 1 fully saturated rings. The van der Waals surface area contributed by atoms with Crippen molar-refractivity contribution >= 4 is 11.7 Å². The second-order valence-corrected chi connectivity index (χ2v) is 5.01. The third-order valence-corrected chi connectivity index (χ3v) is 3.44. The lowest BCUT2D eigenvalue weighted by molar-refractivity contribution is -0.0226. The Kier molecular flexibility index (Phi) is 5.35. The molecule has 0 spiro atoms. The molecule has 0 radical (unpaired) electrons. The van der Waals surface area contributed by atoms with Crippen molar-refractivity contribution in [1.29, 1.82) is 0 Å². The maximum Gasteiger partial charge on any atom is 0.254 e. The van der Waals surface area contributed by atoms with E-state index in [-0.39, 0.29) is 12.0 Å². The van der Waals surface area contributed by atoms with Gasteiger partial charge in [0.05, 0.1) is 12.7 Å². The van der Waals surface area contributed by atoms with Crippen LogP contribution in [0.4, 0.5) is 5.82 Å². The van der Waals surface area contributed by atoms with Gasteiger partial charge >= 0.3 is 0 Å². The highest BCUT2D eigenvalue weighted by Gasteiger charge is 2.24. The molecule has 1 aromatic heterocycles. The number of nitrogens with one attached hydrogen (secondary N) is 1. The van der Waals surface area contributed by atoms with Gasteiger partial charge in [0.15, 0.2) is 0 Å². The lowest BCUT2D eigenvalue weighted by Crippen LogP contribution is -2.45. The molecule has 0 bridgehead atoms. The van der Waals surface area contributed by atoms with Crippen molar-refractivity contribution in [1.82, 2.24) is 9.88 Å². The van der Waals surface area contributed by atoms with Gasteiger partial charge in [-0.05, 0) is 25.0 Å².